The number of imidazole rings is 1. The van der Waals surface area contributed by atoms with Crippen LogP contribution in [0.15, 0.2) is 36.7 Å². The summed E-state index contributed by atoms with van der Waals surface area (Å²) in [5.74, 6) is -4.07. The highest BCUT2D eigenvalue weighted by Crippen LogP contribution is 2.13. The maximum Gasteiger partial charge on any atom is 0.355 e. The van der Waals surface area contributed by atoms with E-state index < -0.39 is 41.5 Å². The minimum atomic E-state index is -1.36. The molecule has 14 heteroatoms. The van der Waals surface area contributed by atoms with Crippen molar-refractivity contribution in [1.29, 1.82) is 0 Å². The molecule has 14 nitrogen and oxygen atoms in total. The summed E-state index contributed by atoms with van der Waals surface area (Å²) in [6.45, 7) is 0. The Labute approximate surface area is 191 Å². The number of rotatable bonds is 6. The molecule has 1 atom stereocenters. The molecule has 2 heterocycles. The van der Waals surface area contributed by atoms with Crippen molar-refractivity contribution in [2.24, 2.45) is 17.2 Å². The van der Waals surface area contributed by atoms with Gasteiger partial charge in [-0.2, -0.15) is 0 Å². The van der Waals surface area contributed by atoms with Gasteiger partial charge in [0.25, 0.3) is 5.91 Å². The van der Waals surface area contributed by atoms with Gasteiger partial charge in [0.15, 0.2) is 17.0 Å². The highest BCUT2D eigenvalue weighted by Gasteiger charge is 2.21. The van der Waals surface area contributed by atoms with Crippen LogP contribution in [0.2, 0.25) is 0 Å². The van der Waals surface area contributed by atoms with E-state index in [1.54, 1.807) is 12.1 Å². The number of fused-ring (bicyclic) bond motifs is 1. The van der Waals surface area contributed by atoms with Crippen molar-refractivity contribution in [2.45, 2.75) is 6.04 Å². The summed E-state index contributed by atoms with van der Waals surface area (Å²) >= 11 is 0. The van der Waals surface area contributed by atoms with Gasteiger partial charge in [0.1, 0.15) is 18.1 Å². The van der Waals surface area contributed by atoms with Crippen molar-refractivity contribution in [1.82, 2.24) is 14.4 Å². The number of carbonyl (C=O) groups is 5. The number of primary amides is 2. The van der Waals surface area contributed by atoms with Gasteiger partial charge in [-0.3, -0.25) is 14.0 Å². The van der Waals surface area contributed by atoms with E-state index in [1.807, 2.05) is 0 Å². The Kier molecular flexibility index (Phi) is 7.96. The first-order chi connectivity index (χ1) is 16.0. The lowest BCUT2D eigenvalue weighted by Gasteiger charge is -2.07. The molecule has 0 saturated carbocycles. The van der Waals surface area contributed by atoms with E-state index in [4.69, 9.17) is 22.3 Å². The van der Waals surface area contributed by atoms with Gasteiger partial charge < -0.3 is 31.8 Å². The number of carboxylic acids is 1. The third-order valence-electron chi connectivity index (χ3n) is 4.35. The Hall–Kier alpha value is -4.85. The molecule has 2 aromatic heterocycles. The Morgan fingerprint density at radius 2 is 1.59 bits per heavy atom. The molecule has 0 spiro atoms. The van der Waals surface area contributed by atoms with Gasteiger partial charge in [-0.05, 0) is 17.7 Å². The van der Waals surface area contributed by atoms with Crippen LogP contribution in [0.4, 0.5) is 0 Å². The number of ether oxygens (including phenoxy) is 2. The highest BCUT2D eigenvalue weighted by molar-refractivity contribution is 5.99. The van der Waals surface area contributed by atoms with Crippen LogP contribution >= 0.6 is 0 Å². The van der Waals surface area contributed by atoms with Crippen LogP contribution in [-0.2, 0) is 14.3 Å². The monoisotopic (exact) mass is 472 g/mol. The number of amides is 2. The number of hydrogen-bond donors (Lipinski definition) is 4. The average molecular weight is 472 g/mol. The number of aromatic carboxylic acids is 1. The zero-order valence-corrected chi connectivity index (χ0v) is 17.9. The van der Waals surface area contributed by atoms with E-state index in [-0.39, 0.29) is 17.0 Å². The number of nitrogens with zero attached hydrogens (tertiary/aromatic N) is 3. The summed E-state index contributed by atoms with van der Waals surface area (Å²) in [7, 11) is 2.44. The Morgan fingerprint density at radius 1 is 1.00 bits per heavy atom. The zero-order chi connectivity index (χ0) is 25.6. The molecular formula is C20H20N6O8. The number of benzene rings is 1. The zero-order valence-electron chi connectivity index (χ0n) is 17.9. The molecule has 3 aromatic rings. The third kappa shape index (κ3) is 5.49. The molecule has 0 fully saturated rings. The van der Waals surface area contributed by atoms with Crippen molar-refractivity contribution < 1.29 is 38.6 Å². The summed E-state index contributed by atoms with van der Waals surface area (Å²) in [4.78, 5) is 63.0. The normalized spacial score (nSPS) is 11.0. The van der Waals surface area contributed by atoms with Crippen molar-refractivity contribution in [3.05, 3.63) is 64.9 Å². The van der Waals surface area contributed by atoms with Gasteiger partial charge in [0.2, 0.25) is 5.91 Å². The summed E-state index contributed by atoms with van der Waals surface area (Å²) < 4.78 is 10.2. The molecule has 0 aliphatic rings. The molecule has 7 N–H and O–H groups in total. The van der Waals surface area contributed by atoms with E-state index in [9.17, 15) is 24.0 Å². The molecule has 2 amide bonds. The standard InChI is InChI=1S/C10H8N4O5.C10H12N2O3/c1-19-10(18)5-2-4(9(16)17)13-8-6(7(11)15)12-3-14(5)8;1-15-10(14)7-4-2-6(3-5-7)8(11)9(12)13/h2-3H,1H3,(H2,11,15)(H,16,17);2-5,8H,11H2,1H3,(H2,12,13)/t;8-/m.1/s1. The van der Waals surface area contributed by atoms with Crippen molar-refractivity contribution in [2.75, 3.05) is 14.2 Å². The summed E-state index contributed by atoms with van der Waals surface area (Å²) in [6.07, 6.45) is 1.14. The number of methoxy groups -OCH3 is 2. The van der Waals surface area contributed by atoms with Crippen LogP contribution < -0.4 is 17.2 Å². The molecule has 0 aliphatic heterocycles. The van der Waals surface area contributed by atoms with Gasteiger partial charge in [0.05, 0.1) is 19.8 Å². The van der Waals surface area contributed by atoms with E-state index in [2.05, 4.69) is 19.4 Å². The second-order valence-electron chi connectivity index (χ2n) is 6.47. The smallest absolute Gasteiger partial charge is 0.355 e. The van der Waals surface area contributed by atoms with E-state index in [1.165, 1.54) is 19.2 Å². The number of hydrogen-bond acceptors (Lipinski definition) is 10. The Balaban J connectivity index is 0.000000248. The number of carbonyl (C=O) groups excluding carboxylic acids is 4. The summed E-state index contributed by atoms with van der Waals surface area (Å²) in [6, 6.07) is 6.38. The molecule has 1 aromatic carbocycles. The van der Waals surface area contributed by atoms with Gasteiger partial charge in [0, 0.05) is 6.07 Å². The van der Waals surface area contributed by atoms with Crippen LogP contribution in [0.25, 0.3) is 5.65 Å². The van der Waals surface area contributed by atoms with Crippen LogP contribution in [0.1, 0.15) is 53.4 Å². The minimum Gasteiger partial charge on any atom is -0.477 e. The van der Waals surface area contributed by atoms with Crippen molar-refractivity contribution in [3.8, 4) is 0 Å². The maximum absolute atomic E-state index is 11.6. The second-order valence-corrected chi connectivity index (χ2v) is 6.47. The van der Waals surface area contributed by atoms with Gasteiger partial charge in [-0.15, -0.1) is 0 Å². The van der Waals surface area contributed by atoms with Crippen LogP contribution in [0.5, 0.6) is 0 Å². The fourth-order valence-corrected chi connectivity index (χ4v) is 2.62. The predicted octanol–water partition coefficient (Wildman–Crippen LogP) is -0.729. The van der Waals surface area contributed by atoms with Gasteiger partial charge >= 0.3 is 17.9 Å². The fourth-order valence-electron chi connectivity index (χ4n) is 2.62. The molecule has 0 radical (unpaired) electrons. The summed E-state index contributed by atoms with van der Waals surface area (Å²) in [5.41, 5.74) is 15.7. The van der Waals surface area contributed by atoms with Gasteiger partial charge in [-0.25, -0.2) is 24.4 Å². The van der Waals surface area contributed by atoms with Crippen LogP contribution in [0, 0.1) is 0 Å². The molecule has 178 valence electrons. The molecule has 0 unspecified atom stereocenters. The topological polar surface area (TPSA) is 232 Å². The lowest BCUT2D eigenvalue weighted by molar-refractivity contribution is -0.119. The number of carboxylic acid groups (broad SMARTS) is 1. The average Bonchev–Trinajstić information content (AvgIpc) is 3.26. The van der Waals surface area contributed by atoms with E-state index in [0.29, 0.717) is 11.1 Å². The lowest BCUT2D eigenvalue weighted by atomic mass is 10.1. The number of aromatic nitrogens is 3. The molecule has 0 saturated heterocycles. The maximum atomic E-state index is 11.6. The molecular weight excluding hydrogens is 452 g/mol. The van der Waals surface area contributed by atoms with Gasteiger partial charge in [-0.1, -0.05) is 12.1 Å². The Morgan fingerprint density at radius 3 is 2.06 bits per heavy atom. The molecule has 0 aliphatic carbocycles. The summed E-state index contributed by atoms with van der Waals surface area (Å²) in [5, 5.41) is 8.93. The largest absolute Gasteiger partial charge is 0.477 e. The van der Waals surface area contributed by atoms with Crippen LogP contribution in [0.3, 0.4) is 0 Å². The highest BCUT2D eigenvalue weighted by atomic mass is 16.5. The Bertz CT molecular complexity index is 1270. The lowest BCUT2D eigenvalue weighted by Crippen LogP contribution is -2.28. The molecule has 0 bridgehead atoms. The van der Waals surface area contributed by atoms with Crippen LogP contribution in [-0.4, -0.2) is 63.4 Å². The van der Waals surface area contributed by atoms with Crippen molar-refractivity contribution in [3.63, 3.8) is 0 Å². The number of nitrogens with two attached hydrogens (primary N) is 3. The van der Waals surface area contributed by atoms with E-state index in [0.717, 1.165) is 23.9 Å². The first-order valence-electron chi connectivity index (χ1n) is 9.24. The number of esters is 2. The molecule has 3 rings (SSSR count). The second kappa shape index (κ2) is 10.6. The third-order valence-corrected chi connectivity index (χ3v) is 4.35. The first-order valence-corrected chi connectivity index (χ1v) is 9.24. The first kappa shape index (κ1) is 25.4. The predicted molar refractivity (Wildman–Crippen MR) is 114 cm³/mol. The molecule has 34 heavy (non-hydrogen) atoms. The van der Waals surface area contributed by atoms with Crippen molar-refractivity contribution >= 4 is 35.4 Å². The quantitative estimate of drug-likeness (QED) is 0.326. The van der Waals surface area contributed by atoms with E-state index >= 15 is 0 Å². The fraction of sp³-hybridized carbons (Fsp3) is 0.150. The SMILES string of the molecule is COC(=O)c1cc(C(=O)O)nc2c(C(N)=O)ncn12.COC(=O)c1ccc([C@@H](N)C(N)=O)cc1. The minimum absolute atomic E-state index is 0.118.